The second-order valence-corrected chi connectivity index (χ2v) is 4.69. The van der Waals surface area contributed by atoms with Crippen LogP contribution in [0, 0.1) is 12.8 Å². The van der Waals surface area contributed by atoms with E-state index in [-0.39, 0.29) is 6.10 Å². The predicted octanol–water partition coefficient (Wildman–Crippen LogP) is 2.89. The molecule has 0 spiro atoms. The highest BCUT2D eigenvalue weighted by Gasteiger charge is 2.27. The van der Waals surface area contributed by atoms with Crippen molar-refractivity contribution < 1.29 is 5.11 Å². The van der Waals surface area contributed by atoms with Crippen LogP contribution in [0.5, 0.6) is 0 Å². The van der Waals surface area contributed by atoms with Crippen molar-refractivity contribution in [1.82, 2.24) is 0 Å². The van der Waals surface area contributed by atoms with Crippen LogP contribution >= 0.6 is 11.3 Å². The van der Waals surface area contributed by atoms with Gasteiger partial charge in [0.05, 0.1) is 6.10 Å². The predicted molar refractivity (Wildman–Crippen MR) is 51.4 cm³/mol. The molecule has 1 unspecified atom stereocenters. The molecule has 0 saturated heterocycles. The van der Waals surface area contributed by atoms with Gasteiger partial charge in [0.1, 0.15) is 0 Å². The zero-order chi connectivity index (χ0) is 8.55. The first-order valence-electron chi connectivity index (χ1n) is 4.51. The van der Waals surface area contributed by atoms with E-state index in [4.69, 9.17) is 0 Å². The average molecular weight is 182 g/mol. The normalized spacial score (nSPS) is 20.5. The van der Waals surface area contributed by atoms with Crippen molar-refractivity contribution in [3.05, 3.63) is 21.9 Å². The third-order valence-corrected chi connectivity index (χ3v) is 3.68. The third kappa shape index (κ3) is 1.29. The topological polar surface area (TPSA) is 20.2 Å². The van der Waals surface area contributed by atoms with Gasteiger partial charge in [-0.05, 0) is 42.7 Å². The lowest BCUT2D eigenvalue weighted by atomic mass is 9.79. The number of aliphatic hydroxyl groups is 1. The summed E-state index contributed by atoms with van der Waals surface area (Å²) in [7, 11) is 0. The minimum absolute atomic E-state index is 0.190. The minimum Gasteiger partial charge on any atom is -0.388 e. The van der Waals surface area contributed by atoms with E-state index in [9.17, 15) is 5.11 Å². The number of hydrogen-bond donors (Lipinski definition) is 1. The Hall–Kier alpha value is -0.340. The van der Waals surface area contributed by atoms with Crippen LogP contribution < -0.4 is 0 Å². The summed E-state index contributed by atoms with van der Waals surface area (Å²) in [5.41, 5.74) is 1.16. The largest absolute Gasteiger partial charge is 0.388 e. The molecule has 1 heterocycles. The highest BCUT2D eigenvalue weighted by Crippen LogP contribution is 2.39. The summed E-state index contributed by atoms with van der Waals surface area (Å²) < 4.78 is 0. The molecule has 0 aromatic carbocycles. The molecule has 2 heteroatoms. The Bertz CT molecular complexity index is 263. The van der Waals surface area contributed by atoms with Gasteiger partial charge in [-0.15, -0.1) is 11.3 Å². The van der Waals surface area contributed by atoms with Crippen LogP contribution in [0.25, 0.3) is 0 Å². The van der Waals surface area contributed by atoms with E-state index in [1.54, 1.807) is 11.3 Å². The summed E-state index contributed by atoms with van der Waals surface area (Å²) in [6.07, 6.45) is 3.52. The van der Waals surface area contributed by atoms with Crippen LogP contribution in [-0.4, -0.2) is 5.11 Å². The molecule has 1 aliphatic rings. The lowest BCUT2D eigenvalue weighted by molar-refractivity contribution is 0.0620. The molecular formula is C10H14OS. The molecular weight excluding hydrogens is 168 g/mol. The second-order valence-electron chi connectivity index (χ2n) is 3.57. The lowest BCUT2D eigenvalue weighted by Gasteiger charge is -2.30. The fourth-order valence-corrected chi connectivity index (χ4v) is 2.45. The Morgan fingerprint density at radius 2 is 2.33 bits per heavy atom. The fraction of sp³-hybridized carbons (Fsp3) is 0.600. The smallest absolute Gasteiger partial charge is 0.0828 e. The first-order valence-corrected chi connectivity index (χ1v) is 5.39. The van der Waals surface area contributed by atoms with Gasteiger partial charge < -0.3 is 5.11 Å². The van der Waals surface area contributed by atoms with Gasteiger partial charge in [-0.3, -0.25) is 0 Å². The quantitative estimate of drug-likeness (QED) is 0.745. The first kappa shape index (κ1) is 8.27. The summed E-state index contributed by atoms with van der Waals surface area (Å²) in [5, 5.41) is 12.0. The van der Waals surface area contributed by atoms with E-state index in [1.807, 2.05) is 0 Å². The molecule has 0 radical (unpaired) electrons. The monoisotopic (exact) mass is 182 g/mol. The van der Waals surface area contributed by atoms with E-state index in [0.717, 1.165) is 5.56 Å². The number of thiophene rings is 1. The Balaban J connectivity index is 2.13. The summed E-state index contributed by atoms with van der Waals surface area (Å²) >= 11 is 1.72. The van der Waals surface area contributed by atoms with Gasteiger partial charge in [0.25, 0.3) is 0 Å². The molecule has 1 nitrogen and oxygen atoms in total. The summed E-state index contributed by atoms with van der Waals surface area (Å²) in [5.74, 6) is 0.540. The molecule has 66 valence electrons. The van der Waals surface area contributed by atoms with Crippen LogP contribution in [0.2, 0.25) is 0 Å². The highest BCUT2D eigenvalue weighted by atomic mass is 32.1. The van der Waals surface area contributed by atoms with E-state index in [1.165, 1.54) is 24.1 Å². The summed E-state index contributed by atoms with van der Waals surface area (Å²) in [6.45, 7) is 2.09. The Morgan fingerprint density at radius 3 is 2.75 bits per heavy atom. The third-order valence-electron chi connectivity index (χ3n) is 2.81. The lowest BCUT2D eigenvalue weighted by Crippen LogP contribution is -2.19. The first-order chi connectivity index (χ1) is 5.79. The van der Waals surface area contributed by atoms with Crippen LogP contribution in [-0.2, 0) is 0 Å². The molecule has 1 saturated carbocycles. The van der Waals surface area contributed by atoms with Crippen molar-refractivity contribution in [3.63, 3.8) is 0 Å². The van der Waals surface area contributed by atoms with E-state index in [2.05, 4.69) is 18.4 Å². The number of aryl methyl sites for hydroxylation is 1. The van der Waals surface area contributed by atoms with Crippen LogP contribution in [0.4, 0.5) is 0 Å². The maximum atomic E-state index is 9.92. The van der Waals surface area contributed by atoms with Gasteiger partial charge in [0.15, 0.2) is 0 Å². The van der Waals surface area contributed by atoms with Gasteiger partial charge in [-0.25, -0.2) is 0 Å². The van der Waals surface area contributed by atoms with Crippen molar-refractivity contribution in [2.24, 2.45) is 5.92 Å². The summed E-state index contributed by atoms with van der Waals surface area (Å²) in [6, 6.07) is 2.06. The number of rotatable bonds is 2. The van der Waals surface area contributed by atoms with Gasteiger partial charge in [-0.1, -0.05) is 6.42 Å². The Morgan fingerprint density at radius 1 is 1.58 bits per heavy atom. The van der Waals surface area contributed by atoms with Gasteiger partial charge in [0.2, 0.25) is 0 Å². The van der Waals surface area contributed by atoms with Crippen LogP contribution in [0.15, 0.2) is 11.4 Å². The Kier molecular flexibility index (Phi) is 2.20. The van der Waals surface area contributed by atoms with E-state index in [0.29, 0.717) is 5.92 Å². The van der Waals surface area contributed by atoms with Crippen LogP contribution in [0.3, 0.4) is 0 Å². The van der Waals surface area contributed by atoms with E-state index >= 15 is 0 Å². The standard InChI is InChI=1S/C10H14OS/c1-7-9(5-6-12-7)10(11)8-3-2-4-8/h5-6,8,10-11H,2-4H2,1H3. The molecule has 1 fully saturated rings. The van der Waals surface area contributed by atoms with Gasteiger partial charge >= 0.3 is 0 Å². The molecule has 12 heavy (non-hydrogen) atoms. The number of hydrogen-bond acceptors (Lipinski definition) is 2. The van der Waals surface area contributed by atoms with Gasteiger partial charge in [-0.2, -0.15) is 0 Å². The SMILES string of the molecule is Cc1sccc1C(O)C1CCC1. The molecule has 2 rings (SSSR count). The van der Waals surface area contributed by atoms with Crippen molar-refractivity contribution >= 4 is 11.3 Å². The molecule has 1 N–H and O–H groups in total. The van der Waals surface area contributed by atoms with Gasteiger partial charge in [0, 0.05) is 4.88 Å². The average Bonchev–Trinajstić information content (AvgIpc) is 2.31. The minimum atomic E-state index is -0.190. The maximum Gasteiger partial charge on any atom is 0.0828 e. The zero-order valence-electron chi connectivity index (χ0n) is 7.29. The fourth-order valence-electron chi connectivity index (χ4n) is 1.71. The van der Waals surface area contributed by atoms with Crippen molar-refractivity contribution in [3.8, 4) is 0 Å². The van der Waals surface area contributed by atoms with E-state index < -0.39 is 0 Å². The molecule has 0 bridgehead atoms. The number of aliphatic hydroxyl groups excluding tert-OH is 1. The van der Waals surface area contributed by atoms with Crippen molar-refractivity contribution in [2.75, 3.05) is 0 Å². The highest BCUT2D eigenvalue weighted by molar-refractivity contribution is 7.10. The molecule has 0 aliphatic heterocycles. The Labute approximate surface area is 77.0 Å². The molecule has 1 aromatic heterocycles. The van der Waals surface area contributed by atoms with Crippen LogP contribution in [0.1, 0.15) is 35.8 Å². The van der Waals surface area contributed by atoms with Crippen molar-refractivity contribution in [2.45, 2.75) is 32.3 Å². The molecule has 0 amide bonds. The zero-order valence-corrected chi connectivity index (χ0v) is 8.10. The van der Waals surface area contributed by atoms with Crippen molar-refractivity contribution in [1.29, 1.82) is 0 Å². The molecule has 1 aromatic rings. The summed E-state index contributed by atoms with van der Waals surface area (Å²) in [4.78, 5) is 1.27. The second kappa shape index (κ2) is 3.19. The molecule has 1 aliphatic carbocycles. The maximum absolute atomic E-state index is 9.92. The molecule has 1 atom stereocenters.